The quantitative estimate of drug-likeness (QED) is 0.749. The van der Waals surface area contributed by atoms with E-state index in [9.17, 15) is 0 Å². The van der Waals surface area contributed by atoms with E-state index in [1.165, 1.54) is 0 Å². The molecule has 1 aromatic heterocycles. The molecule has 2 rings (SSSR count). The Hall–Kier alpha value is -0.670. The second-order valence-electron chi connectivity index (χ2n) is 4.64. The maximum Gasteiger partial charge on any atom is 0.147 e. The summed E-state index contributed by atoms with van der Waals surface area (Å²) in [6.07, 6.45) is 3.34. The molecule has 0 spiro atoms. The number of rotatable bonds is 2. The van der Waals surface area contributed by atoms with Crippen molar-refractivity contribution in [3.63, 3.8) is 0 Å². The zero-order chi connectivity index (χ0) is 10.2. The van der Waals surface area contributed by atoms with Crippen LogP contribution in [0.5, 0.6) is 0 Å². The Labute approximate surface area is 89.1 Å². The normalized spacial score (nSPS) is 20.5. The summed E-state index contributed by atoms with van der Waals surface area (Å²) in [5.41, 5.74) is 1.46. The van der Waals surface area contributed by atoms with Crippen LogP contribution in [-0.4, -0.2) is 28.0 Å². The van der Waals surface area contributed by atoms with Crippen LogP contribution in [0.25, 0.3) is 0 Å². The van der Waals surface area contributed by atoms with Crippen molar-refractivity contribution in [1.82, 2.24) is 14.9 Å². The third kappa shape index (κ3) is 2.22. The highest BCUT2D eigenvalue weighted by Crippen LogP contribution is 2.29. The number of nitrogens with zero attached hydrogens (tertiary/aromatic N) is 3. The standard InChI is InChI=1S/C10H14ClN3/c1-10(2)6-14(7-10)5-8-3-13-9(11)4-12-8/h3-4H,5-7H2,1-2H3. The Balaban J connectivity index is 1.90. The number of halogens is 1. The van der Waals surface area contributed by atoms with E-state index in [0.29, 0.717) is 10.6 Å². The van der Waals surface area contributed by atoms with Crippen LogP contribution in [0.1, 0.15) is 19.5 Å². The minimum atomic E-state index is 0.456. The summed E-state index contributed by atoms with van der Waals surface area (Å²) in [4.78, 5) is 10.6. The van der Waals surface area contributed by atoms with Crippen LogP contribution in [0, 0.1) is 5.41 Å². The maximum absolute atomic E-state index is 5.65. The molecule has 1 aromatic rings. The van der Waals surface area contributed by atoms with Crippen molar-refractivity contribution >= 4 is 11.6 Å². The summed E-state index contributed by atoms with van der Waals surface area (Å²) in [5.74, 6) is 0. The Morgan fingerprint density at radius 1 is 1.36 bits per heavy atom. The second-order valence-corrected chi connectivity index (χ2v) is 5.03. The molecule has 1 saturated heterocycles. The molecule has 1 aliphatic rings. The molecular weight excluding hydrogens is 198 g/mol. The van der Waals surface area contributed by atoms with E-state index in [4.69, 9.17) is 11.6 Å². The van der Waals surface area contributed by atoms with Gasteiger partial charge in [-0.05, 0) is 5.41 Å². The van der Waals surface area contributed by atoms with Crippen molar-refractivity contribution in [3.8, 4) is 0 Å². The Morgan fingerprint density at radius 3 is 2.57 bits per heavy atom. The number of likely N-dealkylation sites (tertiary alicyclic amines) is 1. The van der Waals surface area contributed by atoms with E-state index in [1.807, 2.05) is 0 Å². The molecule has 0 amide bonds. The van der Waals surface area contributed by atoms with Crippen LogP contribution in [0.15, 0.2) is 12.4 Å². The van der Waals surface area contributed by atoms with Crippen molar-refractivity contribution in [1.29, 1.82) is 0 Å². The van der Waals surface area contributed by atoms with Crippen LogP contribution in [0.4, 0.5) is 0 Å². The van der Waals surface area contributed by atoms with Gasteiger partial charge in [-0.1, -0.05) is 25.4 Å². The lowest BCUT2D eigenvalue weighted by molar-refractivity contribution is 0.0231. The van der Waals surface area contributed by atoms with Gasteiger partial charge in [0.1, 0.15) is 5.15 Å². The maximum atomic E-state index is 5.65. The molecular formula is C10H14ClN3. The van der Waals surface area contributed by atoms with Crippen molar-refractivity contribution in [2.75, 3.05) is 13.1 Å². The summed E-state index contributed by atoms with van der Waals surface area (Å²) in [7, 11) is 0. The summed E-state index contributed by atoms with van der Waals surface area (Å²) in [6.45, 7) is 7.70. The molecule has 0 aliphatic carbocycles. The smallest absolute Gasteiger partial charge is 0.147 e. The van der Waals surface area contributed by atoms with Gasteiger partial charge in [0, 0.05) is 19.6 Å². The molecule has 1 aliphatic heterocycles. The van der Waals surface area contributed by atoms with Gasteiger partial charge in [-0.25, -0.2) is 4.98 Å². The number of hydrogen-bond acceptors (Lipinski definition) is 3. The van der Waals surface area contributed by atoms with Crippen molar-refractivity contribution in [2.45, 2.75) is 20.4 Å². The predicted octanol–water partition coefficient (Wildman–Crippen LogP) is 1.97. The third-order valence-electron chi connectivity index (χ3n) is 2.36. The van der Waals surface area contributed by atoms with Crippen LogP contribution in [0.2, 0.25) is 5.15 Å². The van der Waals surface area contributed by atoms with Gasteiger partial charge in [0.05, 0.1) is 18.1 Å². The van der Waals surface area contributed by atoms with E-state index in [2.05, 4.69) is 28.7 Å². The second kappa shape index (κ2) is 3.48. The fraction of sp³-hybridized carbons (Fsp3) is 0.600. The average Bonchev–Trinajstić information content (AvgIpc) is 2.06. The minimum absolute atomic E-state index is 0.456. The first-order valence-electron chi connectivity index (χ1n) is 4.74. The molecule has 0 aromatic carbocycles. The largest absolute Gasteiger partial charge is 0.296 e. The monoisotopic (exact) mass is 211 g/mol. The minimum Gasteiger partial charge on any atom is -0.296 e. The van der Waals surface area contributed by atoms with Gasteiger partial charge in [-0.15, -0.1) is 0 Å². The zero-order valence-corrected chi connectivity index (χ0v) is 9.25. The Morgan fingerprint density at radius 2 is 2.07 bits per heavy atom. The SMILES string of the molecule is CC1(C)CN(Cc2cnc(Cl)cn2)C1. The van der Waals surface area contributed by atoms with Gasteiger partial charge >= 0.3 is 0 Å². The third-order valence-corrected chi connectivity index (χ3v) is 2.56. The lowest BCUT2D eigenvalue weighted by Gasteiger charge is -2.45. The molecule has 0 N–H and O–H groups in total. The van der Waals surface area contributed by atoms with Gasteiger partial charge in [0.25, 0.3) is 0 Å². The molecule has 2 heterocycles. The van der Waals surface area contributed by atoms with Gasteiger partial charge in [0.2, 0.25) is 0 Å². The lowest BCUT2D eigenvalue weighted by Crippen LogP contribution is -2.52. The molecule has 4 heteroatoms. The van der Waals surface area contributed by atoms with Gasteiger partial charge < -0.3 is 0 Å². The van der Waals surface area contributed by atoms with E-state index in [0.717, 1.165) is 25.3 Å². The lowest BCUT2D eigenvalue weighted by atomic mass is 9.84. The first-order valence-corrected chi connectivity index (χ1v) is 5.12. The van der Waals surface area contributed by atoms with Crippen molar-refractivity contribution < 1.29 is 0 Å². The van der Waals surface area contributed by atoms with Crippen molar-refractivity contribution in [3.05, 3.63) is 23.2 Å². The van der Waals surface area contributed by atoms with E-state index in [1.54, 1.807) is 12.4 Å². The molecule has 0 radical (unpaired) electrons. The molecule has 0 bridgehead atoms. The molecule has 76 valence electrons. The average molecular weight is 212 g/mol. The molecule has 3 nitrogen and oxygen atoms in total. The topological polar surface area (TPSA) is 29.0 Å². The van der Waals surface area contributed by atoms with Gasteiger partial charge in [0.15, 0.2) is 0 Å². The summed E-state index contributed by atoms with van der Waals surface area (Å²) >= 11 is 5.65. The molecule has 0 saturated carbocycles. The fourth-order valence-electron chi connectivity index (χ4n) is 1.93. The first kappa shape index (κ1) is 9.87. The van der Waals surface area contributed by atoms with Crippen LogP contribution in [-0.2, 0) is 6.54 Å². The van der Waals surface area contributed by atoms with Gasteiger partial charge in [-0.2, -0.15) is 0 Å². The summed E-state index contributed by atoms with van der Waals surface area (Å²) in [6, 6.07) is 0. The fourth-order valence-corrected chi connectivity index (χ4v) is 2.02. The van der Waals surface area contributed by atoms with Crippen LogP contribution < -0.4 is 0 Å². The number of hydrogen-bond donors (Lipinski definition) is 0. The zero-order valence-electron chi connectivity index (χ0n) is 8.50. The highest BCUT2D eigenvalue weighted by Gasteiger charge is 2.33. The molecule has 0 atom stereocenters. The molecule has 1 fully saturated rings. The summed E-state index contributed by atoms with van der Waals surface area (Å²) < 4.78 is 0. The van der Waals surface area contributed by atoms with Crippen LogP contribution >= 0.6 is 11.6 Å². The van der Waals surface area contributed by atoms with E-state index >= 15 is 0 Å². The summed E-state index contributed by atoms with van der Waals surface area (Å²) in [5, 5.41) is 0.456. The van der Waals surface area contributed by atoms with Gasteiger partial charge in [-0.3, -0.25) is 9.88 Å². The predicted molar refractivity (Wildman–Crippen MR) is 56.1 cm³/mol. The molecule has 14 heavy (non-hydrogen) atoms. The molecule has 0 unspecified atom stereocenters. The van der Waals surface area contributed by atoms with Crippen molar-refractivity contribution in [2.24, 2.45) is 5.41 Å². The highest BCUT2D eigenvalue weighted by atomic mass is 35.5. The Bertz CT molecular complexity index is 313. The first-order chi connectivity index (χ1) is 6.55. The number of aromatic nitrogens is 2. The van der Waals surface area contributed by atoms with E-state index in [-0.39, 0.29) is 0 Å². The highest BCUT2D eigenvalue weighted by molar-refractivity contribution is 6.29. The Kier molecular flexibility index (Phi) is 2.45. The van der Waals surface area contributed by atoms with E-state index < -0.39 is 0 Å². The van der Waals surface area contributed by atoms with Crippen LogP contribution in [0.3, 0.4) is 0 Å².